The SMILES string of the molecule is C=CCS(=O)(=O)[O-].C=CCS(=O)(=O)[O-].c1cc[n+](CCCC[n+]2ccccc2)cc1. The Morgan fingerprint density at radius 3 is 1.13 bits per heavy atom. The fourth-order valence-electron chi connectivity index (χ4n) is 2.04. The Bertz CT molecular complexity index is 852. The first-order valence-corrected chi connectivity index (χ1v) is 12.2. The fraction of sp³-hybridized carbons (Fsp3) is 0.300. The third-order valence-corrected chi connectivity index (χ3v) is 4.57. The zero-order valence-electron chi connectivity index (χ0n) is 16.7. The Kier molecular flexibility index (Phi) is 14.2. The van der Waals surface area contributed by atoms with Gasteiger partial charge < -0.3 is 9.11 Å². The molecule has 0 aliphatic carbocycles. The normalized spacial score (nSPS) is 10.6. The molecule has 0 N–H and O–H groups in total. The molecule has 2 aromatic heterocycles. The summed E-state index contributed by atoms with van der Waals surface area (Å²) in [5.74, 6) is -0.958. The van der Waals surface area contributed by atoms with E-state index in [2.05, 4.69) is 83.5 Å². The van der Waals surface area contributed by atoms with Crippen LogP contribution in [-0.4, -0.2) is 37.4 Å². The number of nitrogens with zero attached hydrogens (tertiary/aromatic N) is 2. The average Bonchev–Trinajstić information content (AvgIpc) is 2.66. The van der Waals surface area contributed by atoms with Crippen LogP contribution in [0.1, 0.15) is 12.8 Å². The molecule has 30 heavy (non-hydrogen) atoms. The van der Waals surface area contributed by atoms with Crippen molar-refractivity contribution >= 4 is 20.2 Å². The molecule has 166 valence electrons. The van der Waals surface area contributed by atoms with Crippen LogP contribution in [0.4, 0.5) is 0 Å². The smallest absolute Gasteiger partial charge is 0.168 e. The molecule has 0 fully saturated rings. The van der Waals surface area contributed by atoms with E-state index in [9.17, 15) is 25.9 Å². The Hall–Kier alpha value is -2.40. The van der Waals surface area contributed by atoms with Gasteiger partial charge in [0, 0.05) is 37.1 Å². The van der Waals surface area contributed by atoms with Crippen molar-refractivity contribution in [3.05, 3.63) is 86.5 Å². The van der Waals surface area contributed by atoms with Gasteiger partial charge in [-0.2, -0.15) is 0 Å². The number of unbranched alkanes of at least 4 members (excludes halogenated alkanes) is 1. The molecule has 0 atom stereocenters. The van der Waals surface area contributed by atoms with E-state index in [0.717, 1.165) is 25.2 Å². The van der Waals surface area contributed by atoms with Crippen LogP contribution in [0, 0.1) is 0 Å². The van der Waals surface area contributed by atoms with Gasteiger partial charge in [-0.05, 0) is 0 Å². The van der Waals surface area contributed by atoms with Crippen molar-refractivity contribution in [3.63, 3.8) is 0 Å². The van der Waals surface area contributed by atoms with E-state index in [4.69, 9.17) is 0 Å². The van der Waals surface area contributed by atoms with Crippen LogP contribution in [0.2, 0.25) is 0 Å². The molecule has 0 aromatic carbocycles. The van der Waals surface area contributed by atoms with Crippen molar-refractivity contribution in [3.8, 4) is 0 Å². The number of hydrogen-bond acceptors (Lipinski definition) is 6. The molecule has 0 saturated carbocycles. The Morgan fingerprint density at radius 1 is 0.633 bits per heavy atom. The predicted molar refractivity (Wildman–Crippen MR) is 112 cm³/mol. The van der Waals surface area contributed by atoms with Gasteiger partial charge in [-0.25, -0.2) is 26.0 Å². The van der Waals surface area contributed by atoms with Gasteiger partial charge in [0.05, 0.1) is 31.7 Å². The zero-order chi connectivity index (χ0) is 22.9. The molecular weight excluding hydrogens is 428 g/mol. The molecule has 0 aliphatic heterocycles. The summed E-state index contributed by atoms with van der Waals surface area (Å²) in [4.78, 5) is 0. The molecule has 2 aromatic rings. The Balaban J connectivity index is 0.000000503. The van der Waals surface area contributed by atoms with Gasteiger partial charge >= 0.3 is 0 Å². The summed E-state index contributed by atoms with van der Waals surface area (Å²) in [6, 6.07) is 12.4. The highest BCUT2D eigenvalue weighted by Gasteiger charge is 2.01. The van der Waals surface area contributed by atoms with Crippen molar-refractivity contribution in [1.29, 1.82) is 0 Å². The minimum Gasteiger partial charge on any atom is -0.748 e. The van der Waals surface area contributed by atoms with Crippen LogP contribution in [-0.2, 0) is 33.3 Å². The Labute approximate surface area is 179 Å². The monoisotopic (exact) mass is 456 g/mol. The molecule has 0 unspecified atom stereocenters. The van der Waals surface area contributed by atoms with Crippen molar-refractivity contribution in [2.45, 2.75) is 25.9 Å². The topological polar surface area (TPSA) is 122 Å². The van der Waals surface area contributed by atoms with E-state index in [1.54, 1.807) is 0 Å². The molecule has 0 spiro atoms. The van der Waals surface area contributed by atoms with Gasteiger partial charge in [-0.3, -0.25) is 0 Å². The van der Waals surface area contributed by atoms with E-state index < -0.39 is 31.7 Å². The largest absolute Gasteiger partial charge is 0.748 e. The van der Waals surface area contributed by atoms with Crippen molar-refractivity contribution < 1.29 is 35.1 Å². The molecule has 0 bridgehead atoms. The van der Waals surface area contributed by atoms with Crippen LogP contribution in [0.5, 0.6) is 0 Å². The lowest BCUT2D eigenvalue weighted by molar-refractivity contribution is -0.708. The first-order chi connectivity index (χ1) is 14.1. The van der Waals surface area contributed by atoms with Crippen molar-refractivity contribution in [2.75, 3.05) is 11.5 Å². The molecule has 0 aliphatic rings. The van der Waals surface area contributed by atoms with Crippen molar-refractivity contribution in [1.82, 2.24) is 0 Å². The zero-order valence-corrected chi connectivity index (χ0v) is 18.4. The first-order valence-electron chi connectivity index (χ1n) is 9.04. The fourth-order valence-corrected chi connectivity index (χ4v) is 2.62. The van der Waals surface area contributed by atoms with Gasteiger partial charge in [0.25, 0.3) is 0 Å². The third-order valence-electron chi connectivity index (χ3n) is 3.28. The number of aryl methyl sites for hydroxylation is 2. The molecule has 2 rings (SSSR count). The second-order valence-electron chi connectivity index (χ2n) is 5.96. The van der Waals surface area contributed by atoms with Crippen LogP contribution in [0.25, 0.3) is 0 Å². The minimum atomic E-state index is -4.04. The summed E-state index contributed by atoms with van der Waals surface area (Å²) >= 11 is 0. The quantitative estimate of drug-likeness (QED) is 0.242. The summed E-state index contributed by atoms with van der Waals surface area (Å²) in [6.45, 7) is 8.34. The van der Waals surface area contributed by atoms with Crippen LogP contribution < -0.4 is 9.13 Å². The standard InChI is InChI=1S/C14H18N2.2C3H6O3S/c1-3-9-15(10-4-1)13-7-8-14-16-11-5-2-6-12-16;2*1-2-3-7(4,5)6/h1-6,9-12H,7-8,13-14H2;2*2H,1,3H2,(H,4,5,6)/q+2;;/p-2. The molecule has 0 saturated heterocycles. The number of aromatic nitrogens is 2. The molecule has 0 amide bonds. The summed E-state index contributed by atoms with van der Waals surface area (Å²) in [5.41, 5.74) is 0. The maximum absolute atomic E-state index is 9.60. The number of hydrogen-bond donors (Lipinski definition) is 0. The lowest BCUT2D eigenvalue weighted by atomic mass is 10.3. The maximum atomic E-state index is 9.60. The van der Waals surface area contributed by atoms with E-state index >= 15 is 0 Å². The molecule has 2 heterocycles. The minimum absolute atomic E-state index is 0.479. The summed E-state index contributed by atoms with van der Waals surface area (Å²) < 4.78 is 62.1. The summed E-state index contributed by atoms with van der Waals surface area (Å²) in [5, 5.41) is 0. The van der Waals surface area contributed by atoms with Crippen molar-refractivity contribution in [2.24, 2.45) is 0 Å². The highest BCUT2D eigenvalue weighted by atomic mass is 32.2. The second-order valence-corrected chi connectivity index (χ2v) is 8.86. The van der Waals surface area contributed by atoms with Gasteiger partial charge in [-0.1, -0.05) is 24.3 Å². The highest BCUT2D eigenvalue weighted by Crippen LogP contribution is 1.90. The Morgan fingerprint density at radius 2 is 0.933 bits per heavy atom. The predicted octanol–water partition coefficient (Wildman–Crippen LogP) is 1.18. The summed E-state index contributed by atoms with van der Waals surface area (Å²) in [6.07, 6.45) is 13.0. The number of rotatable bonds is 9. The average molecular weight is 457 g/mol. The third kappa shape index (κ3) is 18.9. The van der Waals surface area contributed by atoms with Crippen LogP contribution in [0.15, 0.2) is 86.5 Å². The lowest BCUT2D eigenvalue weighted by Crippen LogP contribution is -2.35. The summed E-state index contributed by atoms with van der Waals surface area (Å²) in [7, 11) is -8.08. The van der Waals surface area contributed by atoms with E-state index in [1.165, 1.54) is 12.8 Å². The van der Waals surface area contributed by atoms with E-state index in [1.807, 2.05) is 0 Å². The van der Waals surface area contributed by atoms with Crippen LogP contribution in [0.3, 0.4) is 0 Å². The first kappa shape index (κ1) is 27.6. The molecule has 10 heteroatoms. The van der Waals surface area contributed by atoms with Gasteiger partial charge in [0.2, 0.25) is 0 Å². The van der Waals surface area contributed by atoms with E-state index in [-0.39, 0.29) is 0 Å². The molecule has 8 nitrogen and oxygen atoms in total. The van der Waals surface area contributed by atoms with E-state index in [0.29, 0.717) is 0 Å². The number of pyridine rings is 2. The van der Waals surface area contributed by atoms with Gasteiger partial charge in [-0.15, -0.1) is 13.2 Å². The maximum Gasteiger partial charge on any atom is 0.168 e. The van der Waals surface area contributed by atoms with Gasteiger partial charge in [0.15, 0.2) is 24.8 Å². The van der Waals surface area contributed by atoms with Gasteiger partial charge in [0.1, 0.15) is 13.1 Å². The lowest BCUT2D eigenvalue weighted by Gasteiger charge is -1.98. The second kappa shape index (κ2) is 15.4. The van der Waals surface area contributed by atoms with Crippen LogP contribution >= 0.6 is 0 Å². The highest BCUT2D eigenvalue weighted by molar-refractivity contribution is 7.86. The molecule has 0 radical (unpaired) electrons. The molecular formula is C20H28N2O6S2.